The number of nitrogens with one attached hydrogen (secondary N) is 2. The third-order valence-electron chi connectivity index (χ3n) is 7.49. The number of carbonyl (C=O) groups is 3. The fourth-order valence-corrected chi connectivity index (χ4v) is 8.19. The van der Waals surface area contributed by atoms with E-state index in [9.17, 15) is 19.2 Å². The summed E-state index contributed by atoms with van der Waals surface area (Å²) in [5.74, 6) is -1.72. The lowest BCUT2D eigenvalue weighted by atomic mass is 9.83. The quantitative estimate of drug-likeness (QED) is 0.255. The van der Waals surface area contributed by atoms with Crippen molar-refractivity contribution in [2.45, 2.75) is 16.2 Å². The Balaban J connectivity index is 1.16. The van der Waals surface area contributed by atoms with Crippen LogP contribution in [0.2, 0.25) is 0 Å². The predicted molar refractivity (Wildman–Crippen MR) is 163 cm³/mol. The molecule has 2 aliphatic rings. The van der Waals surface area contributed by atoms with Crippen molar-refractivity contribution in [3.63, 3.8) is 0 Å². The maximum Gasteiger partial charge on any atom is 0.305 e. The van der Waals surface area contributed by atoms with Crippen LogP contribution in [0.4, 0.5) is 11.4 Å². The van der Waals surface area contributed by atoms with Gasteiger partial charge in [-0.25, -0.2) is 4.90 Å². The minimum absolute atomic E-state index is 0.221. The molecule has 10 heteroatoms. The van der Waals surface area contributed by atoms with E-state index >= 15 is 0 Å². The van der Waals surface area contributed by atoms with Gasteiger partial charge in [0.05, 0.1) is 16.6 Å². The molecule has 7 rings (SSSR count). The van der Waals surface area contributed by atoms with Crippen molar-refractivity contribution in [1.29, 1.82) is 0 Å². The summed E-state index contributed by atoms with van der Waals surface area (Å²) in [6.07, 6.45) is 0. The van der Waals surface area contributed by atoms with Gasteiger partial charge in [0.15, 0.2) is 6.61 Å². The minimum Gasteiger partial charge on any atom is -0.484 e. The highest BCUT2D eigenvalue weighted by Crippen LogP contribution is 2.53. The van der Waals surface area contributed by atoms with Gasteiger partial charge in [0.1, 0.15) is 11.0 Å². The number of imide groups is 1. The van der Waals surface area contributed by atoms with Crippen LogP contribution < -0.4 is 19.8 Å². The maximum atomic E-state index is 13.8. The van der Waals surface area contributed by atoms with E-state index in [4.69, 9.17) is 4.74 Å². The van der Waals surface area contributed by atoms with E-state index in [2.05, 4.69) is 10.3 Å². The van der Waals surface area contributed by atoms with Gasteiger partial charge in [-0.1, -0.05) is 89.8 Å². The third kappa shape index (κ3) is 4.58. The summed E-state index contributed by atoms with van der Waals surface area (Å²) in [6, 6.07) is 29.5. The molecule has 2 aliphatic heterocycles. The molecule has 4 aromatic carbocycles. The number of thioether (sulfide) groups is 1. The molecule has 8 nitrogen and oxygen atoms in total. The van der Waals surface area contributed by atoms with Crippen molar-refractivity contribution in [2.75, 3.05) is 16.8 Å². The molecule has 5 aromatic rings. The van der Waals surface area contributed by atoms with Crippen LogP contribution in [0.15, 0.2) is 107 Å². The number of para-hydroxylation sites is 1. The molecule has 42 heavy (non-hydrogen) atoms. The Morgan fingerprint density at radius 2 is 1.64 bits per heavy atom. The molecule has 2 N–H and O–H groups in total. The minimum atomic E-state index is -0.702. The molecule has 3 atom stereocenters. The van der Waals surface area contributed by atoms with E-state index in [0.29, 0.717) is 27.0 Å². The first kappa shape index (κ1) is 26.2. The van der Waals surface area contributed by atoms with Gasteiger partial charge in [-0.05, 0) is 41.3 Å². The van der Waals surface area contributed by atoms with Gasteiger partial charge < -0.3 is 15.0 Å². The summed E-state index contributed by atoms with van der Waals surface area (Å²) in [7, 11) is 0. The second-order valence-electron chi connectivity index (χ2n) is 10.0. The zero-order valence-corrected chi connectivity index (χ0v) is 23.6. The summed E-state index contributed by atoms with van der Waals surface area (Å²) < 4.78 is 5.88. The first-order chi connectivity index (χ1) is 20.5. The highest BCUT2D eigenvalue weighted by Gasteiger charge is 2.56. The first-order valence-corrected chi connectivity index (χ1v) is 15.0. The van der Waals surface area contributed by atoms with Crippen LogP contribution in [-0.2, 0) is 14.4 Å². The summed E-state index contributed by atoms with van der Waals surface area (Å²) in [5.41, 5.74) is 1.95. The number of amides is 3. The largest absolute Gasteiger partial charge is 0.484 e. The van der Waals surface area contributed by atoms with Crippen molar-refractivity contribution in [1.82, 2.24) is 4.98 Å². The Morgan fingerprint density at radius 1 is 0.881 bits per heavy atom. The number of ether oxygens (including phenoxy) is 1. The molecular formula is C32H23N3O5S2. The van der Waals surface area contributed by atoms with Crippen molar-refractivity contribution in [3.05, 3.63) is 117 Å². The van der Waals surface area contributed by atoms with Gasteiger partial charge in [-0.15, -0.1) is 0 Å². The average Bonchev–Trinajstić information content (AvgIpc) is 3.50. The lowest BCUT2D eigenvalue weighted by Crippen LogP contribution is -2.32. The van der Waals surface area contributed by atoms with Gasteiger partial charge in [-0.3, -0.25) is 19.2 Å². The van der Waals surface area contributed by atoms with Crippen LogP contribution in [0.3, 0.4) is 0 Å². The third-order valence-corrected chi connectivity index (χ3v) is 9.89. The van der Waals surface area contributed by atoms with Gasteiger partial charge in [0.25, 0.3) is 5.91 Å². The highest BCUT2D eigenvalue weighted by atomic mass is 32.2. The van der Waals surface area contributed by atoms with E-state index in [1.54, 1.807) is 42.5 Å². The summed E-state index contributed by atoms with van der Waals surface area (Å²) in [6.45, 7) is -0.221. The predicted octanol–water partition coefficient (Wildman–Crippen LogP) is 5.40. The average molecular weight is 594 g/mol. The maximum absolute atomic E-state index is 13.8. The first-order valence-electron chi connectivity index (χ1n) is 13.3. The second-order valence-corrected chi connectivity index (χ2v) is 12.2. The number of hydrogen-bond donors (Lipinski definition) is 2. The smallest absolute Gasteiger partial charge is 0.305 e. The van der Waals surface area contributed by atoms with Crippen LogP contribution in [0.25, 0.3) is 10.8 Å². The van der Waals surface area contributed by atoms with Crippen LogP contribution in [0, 0.1) is 5.92 Å². The van der Waals surface area contributed by atoms with E-state index in [-0.39, 0.29) is 29.2 Å². The van der Waals surface area contributed by atoms with Gasteiger partial charge in [0, 0.05) is 21.9 Å². The molecule has 1 saturated heterocycles. The zero-order valence-electron chi connectivity index (χ0n) is 22.0. The van der Waals surface area contributed by atoms with Gasteiger partial charge in [-0.2, -0.15) is 0 Å². The van der Waals surface area contributed by atoms with E-state index in [0.717, 1.165) is 27.7 Å². The molecule has 1 fully saturated rings. The number of H-pyrrole nitrogens is 1. The van der Waals surface area contributed by atoms with Gasteiger partial charge >= 0.3 is 4.87 Å². The molecule has 208 valence electrons. The molecule has 1 aromatic heterocycles. The highest BCUT2D eigenvalue weighted by molar-refractivity contribution is 8.00. The Hall–Kier alpha value is -4.67. The van der Waals surface area contributed by atoms with Crippen LogP contribution >= 0.6 is 23.1 Å². The fraction of sp³-hybridized carbons (Fsp3) is 0.125. The van der Waals surface area contributed by atoms with Crippen LogP contribution in [0.5, 0.6) is 5.75 Å². The standard InChI is InChI=1S/C32H23N3O5S2/c36-24(33-23-15-7-9-18-8-4-5-14-22(18)23)17-40-21-13-6-10-19(16-21)25-26-28(41-29-27(25)42-32(39)34-29)31(38)35(30(26)37)20-11-2-1-3-12-20/h1-16,25-26,28H,17H2,(H,33,36)(H,34,39)/t25-,26?,28?/m1/s1. The Labute approximate surface area is 248 Å². The van der Waals surface area contributed by atoms with Crippen molar-refractivity contribution < 1.29 is 19.1 Å². The molecule has 0 saturated carbocycles. The summed E-state index contributed by atoms with van der Waals surface area (Å²) in [5, 5.41) is 4.79. The second kappa shape index (κ2) is 10.6. The number of hydrogen-bond acceptors (Lipinski definition) is 7. The molecule has 0 radical (unpaired) electrons. The van der Waals surface area contributed by atoms with E-state index < -0.39 is 17.1 Å². The SMILES string of the molecule is O=C(COc1cccc([C@H]2c3sc(=O)[nH]c3SC3C(=O)N(c4ccccc4)C(=O)C32)c1)Nc1cccc2ccccc12. The topological polar surface area (TPSA) is 109 Å². The molecule has 0 aliphatic carbocycles. The normalized spacial score (nSPS) is 19.4. The number of anilines is 2. The van der Waals surface area contributed by atoms with E-state index in [1.807, 2.05) is 54.6 Å². The molecular weight excluding hydrogens is 571 g/mol. The number of fused-ring (bicyclic) bond motifs is 3. The molecule has 0 bridgehead atoms. The van der Waals surface area contributed by atoms with Crippen molar-refractivity contribution in [2.24, 2.45) is 5.92 Å². The van der Waals surface area contributed by atoms with Gasteiger partial charge in [0.2, 0.25) is 11.8 Å². The number of aromatic amines is 1. The summed E-state index contributed by atoms with van der Waals surface area (Å²) in [4.78, 5) is 57.2. The Bertz CT molecular complexity index is 1910. The number of nitrogens with zero attached hydrogens (tertiary/aromatic N) is 1. The Morgan fingerprint density at radius 3 is 2.50 bits per heavy atom. The fourth-order valence-electron chi connectivity index (χ4n) is 5.68. The summed E-state index contributed by atoms with van der Waals surface area (Å²) >= 11 is 2.29. The number of aromatic nitrogens is 1. The number of benzene rings is 4. The van der Waals surface area contributed by atoms with Crippen LogP contribution in [0.1, 0.15) is 16.4 Å². The molecule has 2 unspecified atom stereocenters. The molecule has 0 spiro atoms. The lowest BCUT2D eigenvalue weighted by Gasteiger charge is -2.30. The van der Waals surface area contributed by atoms with Crippen LogP contribution in [-0.4, -0.2) is 34.6 Å². The monoisotopic (exact) mass is 593 g/mol. The zero-order chi connectivity index (χ0) is 28.8. The van der Waals surface area contributed by atoms with Crippen molar-refractivity contribution >= 4 is 63.0 Å². The number of rotatable bonds is 6. The number of thiazole rings is 1. The van der Waals surface area contributed by atoms with E-state index in [1.165, 1.54) is 16.7 Å². The Kier molecular flexibility index (Phi) is 6.64. The number of carbonyl (C=O) groups excluding carboxylic acids is 3. The molecule has 3 amide bonds. The lowest BCUT2D eigenvalue weighted by molar-refractivity contribution is -0.122. The van der Waals surface area contributed by atoms with Crippen molar-refractivity contribution in [3.8, 4) is 5.75 Å². The molecule has 3 heterocycles.